The second-order valence-corrected chi connectivity index (χ2v) is 7.22. The molecule has 0 atom stereocenters. The molecule has 4 heterocycles. The number of aromatic nitrogens is 5. The molecule has 0 unspecified atom stereocenters. The molecular formula is C20H18F2N6. The van der Waals surface area contributed by atoms with E-state index in [0.29, 0.717) is 28.2 Å². The lowest BCUT2D eigenvalue weighted by atomic mass is 9.89. The van der Waals surface area contributed by atoms with Crippen LogP contribution in [0.3, 0.4) is 0 Å². The Morgan fingerprint density at radius 1 is 1.00 bits per heavy atom. The zero-order chi connectivity index (χ0) is 19.3. The number of halogens is 2. The summed E-state index contributed by atoms with van der Waals surface area (Å²) >= 11 is 0. The van der Waals surface area contributed by atoms with E-state index in [-0.39, 0.29) is 17.2 Å². The zero-order valence-electron chi connectivity index (χ0n) is 15.3. The van der Waals surface area contributed by atoms with Gasteiger partial charge >= 0.3 is 0 Å². The summed E-state index contributed by atoms with van der Waals surface area (Å²) in [5, 5.41) is 16.4. The Kier molecular flexibility index (Phi) is 4.01. The van der Waals surface area contributed by atoms with Crippen LogP contribution in [0.1, 0.15) is 30.0 Å². The van der Waals surface area contributed by atoms with Crippen LogP contribution in [0, 0.1) is 18.6 Å². The third-order valence-electron chi connectivity index (χ3n) is 5.25. The second-order valence-electron chi connectivity index (χ2n) is 7.22. The monoisotopic (exact) mass is 380 g/mol. The largest absolute Gasteiger partial charge is 0.317 e. The predicted molar refractivity (Wildman–Crippen MR) is 101 cm³/mol. The van der Waals surface area contributed by atoms with E-state index in [9.17, 15) is 8.78 Å². The number of imidazole rings is 1. The maximum atomic E-state index is 14.8. The van der Waals surface area contributed by atoms with E-state index in [1.54, 1.807) is 25.3 Å². The number of piperidine rings is 1. The molecule has 1 aromatic carbocycles. The minimum atomic E-state index is -0.512. The van der Waals surface area contributed by atoms with E-state index in [4.69, 9.17) is 0 Å². The highest BCUT2D eigenvalue weighted by atomic mass is 19.1. The number of benzene rings is 1. The van der Waals surface area contributed by atoms with Crippen LogP contribution < -0.4 is 5.32 Å². The van der Waals surface area contributed by atoms with Gasteiger partial charge in [-0.15, -0.1) is 10.2 Å². The van der Waals surface area contributed by atoms with E-state index >= 15 is 0 Å². The van der Waals surface area contributed by atoms with Gasteiger partial charge < -0.3 is 5.32 Å². The predicted octanol–water partition coefficient (Wildman–Crippen LogP) is 3.39. The first-order valence-electron chi connectivity index (χ1n) is 9.29. The van der Waals surface area contributed by atoms with Gasteiger partial charge in [0.05, 0.1) is 17.4 Å². The summed E-state index contributed by atoms with van der Waals surface area (Å²) in [6, 6.07) is 6.31. The molecule has 1 saturated heterocycles. The summed E-state index contributed by atoms with van der Waals surface area (Å²) in [4.78, 5) is 4.09. The molecule has 142 valence electrons. The van der Waals surface area contributed by atoms with Gasteiger partial charge in [0.25, 0.3) is 0 Å². The van der Waals surface area contributed by atoms with Gasteiger partial charge in [0.2, 0.25) is 0 Å². The number of fused-ring (bicyclic) bond motifs is 2. The number of hydrogen-bond acceptors (Lipinski definition) is 5. The third-order valence-corrected chi connectivity index (χ3v) is 5.25. The van der Waals surface area contributed by atoms with Crippen molar-refractivity contribution >= 4 is 16.6 Å². The van der Waals surface area contributed by atoms with Crippen molar-refractivity contribution in [3.63, 3.8) is 0 Å². The van der Waals surface area contributed by atoms with Gasteiger partial charge in [-0.2, -0.15) is 5.10 Å². The standard InChI is InChI=1S/C20H18F2N6/c1-11-10-28-20(24-11)16(22)9-19(27-28)18-8-14-15(21)6-13(7-17(14)25-26-18)12-2-4-23-5-3-12/h6-10,12,23H,2-5H2,1H3. The van der Waals surface area contributed by atoms with Gasteiger partial charge in [-0.1, -0.05) is 0 Å². The minimum Gasteiger partial charge on any atom is -0.317 e. The summed E-state index contributed by atoms with van der Waals surface area (Å²) in [6.07, 6.45) is 3.58. The SMILES string of the molecule is Cc1cn2nc(-c3cc4c(F)cc(C5CCNCC5)cc4nn3)cc(F)c2n1. The molecule has 5 rings (SSSR count). The van der Waals surface area contributed by atoms with Crippen molar-refractivity contribution in [2.24, 2.45) is 0 Å². The first-order chi connectivity index (χ1) is 13.6. The zero-order valence-corrected chi connectivity index (χ0v) is 15.3. The van der Waals surface area contributed by atoms with Crippen molar-refractivity contribution in [1.29, 1.82) is 0 Å². The summed E-state index contributed by atoms with van der Waals surface area (Å²) in [7, 11) is 0. The van der Waals surface area contributed by atoms with Gasteiger partial charge in [-0.25, -0.2) is 18.3 Å². The fraction of sp³-hybridized carbons (Fsp3) is 0.300. The summed E-state index contributed by atoms with van der Waals surface area (Å²) < 4.78 is 30.6. The molecule has 1 N–H and O–H groups in total. The molecule has 0 radical (unpaired) electrons. The highest BCUT2D eigenvalue weighted by Gasteiger charge is 2.19. The number of rotatable bonds is 2. The molecule has 1 fully saturated rings. The van der Waals surface area contributed by atoms with Gasteiger partial charge in [0, 0.05) is 11.5 Å². The molecular weight excluding hydrogens is 362 g/mol. The van der Waals surface area contributed by atoms with Crippen LogP contribution in [0.15, 0.2) is 30.5 Å². The number of nitrogens with zero attached hydrogens (tertiary/aromatic N) is 5. The van der Waals surface area contributed by atoms with E-state index in [1.165, 1.54) is 10.6 Å². The van der Waals surface area contributed by atoms with Crippen LogP contribution in [-0.2, 0) is 0 Å². The quantitative estimate of drug-likeness (QED) is 0.577. The maximum Gasteiger partial charge on any atom is 0.190 e. The lowest BCUT2D eigenvalue weighted by Gasteiger charge is -2.23. The van der Waals surface area contributed by atoms with Crippen LogP contribution in [0.25, 0.3) is 27.9 Å². The van der Waals surface area contributed by atoms with Gasteiger partial charge in [-0.3, -0.25) is 0 Å². The second kappa shape index (κ2) is 6.56. The molecule has 28 heavy (non-hydrogen) atoms. The Balaban J connectivity index is 1.59. The fourth-order valence-corrected chi connectivity index (χ4v) is 3.82. The lowest BCUT2D eigenvalue weighted by molar-refractivity contribution is 0.459. The van der Waals surface area contributed by atoms with Gasteiger partial charge in [0.1, 0.15) is 17.2 Å². The van der Waals surface area contributed by atoms with Crippen LogP contribution in [0.2, 0.25) is 0 Å². The number of nitrogens with one attached hydrogen (secondary N) is 1. The van der Waals surface area contributed by atoms with Crippen LogP contribution in [0.4, 0.5) is 8.78 Å². The Hall–Kier alpha value is -3.00. The Morgan fingerprint density at radius 2 is 1.82 bits per heavy atom. The number of hydrogen-bond donors (Lipinski definition) is 1. The van der Waals surface area contributed by atoms with Crippen molar-refractivity contribution in [2.75, 3.05) is 13.1 Å². The summed E-state index contributed by atoms with van der Waals surface area (Å²) in [6.45, 7) is 3.63. The molecule has 4 aromatic rings. The van der Waals surface area contributed by atoms with Crippen LogP contribution in [0.5, 0.6) is 0 Å². The molecule has 0 saturated carbocycles. The highest BCUT2D eigenvalue weighted by Crippen LogP contribution is 2.30. The average molecular weight is 380 g/mol. The summed E-state index contributed by atoms with van der Waals surface area (Å²) in [5.41, 5.74) is 2.84. The van der Waals surface area contributed by atoms with Crippen molar-refractivity contribution in [3.8, 4) is 11.4 Å². The smallest absolute Gasteiger partial charge is 0.190 e. The maximum absolute atomic E-state index is 14.8. The molecule has 1 aliphatic rings. The van der Waals surface area contributed by atoms with E-state index in [2.05, 4.69) is 25.6 Å². The normalized spacial score (nSPS) is 15.5. The Morgan fingerprint density at radius 3 is 2.64 bits per heavy atom. The topological polar surface area (TPSA) is 68.0 Å². The van der Waals surface area contributed by atoms with E-state index in [0.717, 1.165) is 31.5 Å². The van der Waals surface area contributed by atoms with Crippen molar-refractivity contribution in [2.45, 2.75) is 25.7 Å². The minimum absolute atomic E-state index is 0.146. The Bertz CT molecular complexity index is 1200. The molecule has 0 spiro atoms. The third kappa shape index (κ3) is 2.90. The van der Waals surface area contributed by atoms with Crippen molar-refractivity contribution in [3.05, 3.63) is 53.4 Å². The summed E-state index contributed by atoms with van der Waals surface area (Å²) in [5.74, 6) is -0.534. The molecule has 0 aliphatic carbocycles. The molecule has 1 aliphatic heterocycles. The Labute approximate surface area is 159 Å². The van der Waals surface area contributed by atoms with Crippen LogP contribution >= 0.6 is 0 Å². The molecule has 0 bridgehead atoms. The molecule has 6 nitrogen and oxygen atoms in total. The van der Waals surface area contributed by atoms with Gasteiger partial charge in [0.15, 0.2) is 11.5 Å². The lowest BCUT2D eigenvalue weighted by Crippen LogP contribution is -2.26. The molecule has 8 heteroatoms. The van der Waals surface area contributed by atoms with Crippen LogP contribution in [-0.4, -0.2) is 37.9 Å². The fourth-order valence-electron chi connectivity index (χ4n) is 3.82. The molecule has 3 aromatic heterocycles. The van der Waals surface area contributed by atoms with E-state index in [1.807, 2.05) is 6.07 Å². The average Bonchev–Trinajstić information content (AvgIpc) is 3.09. The first-order valence-corrected chi connectivity index (χ1v) is 9.29. The van der Waals surface area contributed by atoms with Crippen molar-refractivity contribution < 1.29 is 8.78 Å². The molecule has 0 amide bonds. The number of aryl methyl sites for hydroxylation is 1. The first kappa shape index (κ1) is 17.1. The van der Waals surface area contributed by atoms with E-state index < -0.39 is 5.82 Å². The van der Waals surface area contributed by atoms with Gasteiger partial charge in [-0.05, 0) is 62.5 Å². The highest BCUT2D eigenvalue weighted by molar-refractivity contribution is 5.82. The van der Waals surface area contributed by atoms with Crippen molar-refractivity contribution in [1.82, 2.24) is 30.1 Å².